The Kier molecular flexibility index (Phi) is 7.87. The van der Waals surface area contributed by atoms with Gasteiger partial charge < -0.3 is 10.5 Å². The van der Waals surface area contributed by atoms with Gasteiger partial charge in [0.15, 0.2) is 0 Å². The van der Waals surface area contributed by atoms with Crippen LogP contribution in [0.25, 0.3) is 0 Å². The van der Waals surface area contributed by atoms with Gasteiger partial charge in [-0.25, -0.2) is 17.5 Å². The largest absolute Gasteiger partial charge is 0.465 e. The maximum Gasteiger partial charge on any atom is 0.337 e. The maximum atomic E-state index is 12.2. The summed E-state index contributed by atoms with van der Waals surface area (Å²) in [7, 11) is -0.695. The summed E-state index contributed by atoms with van der Waals surface area (Å²) in [6.45, 7) is 1.99. The number of hydrogen-bond donors (Lipinski definition) is 1. The number of hydrogen-bond acceptors (Lipinski definition) is 5. The van der Waals surface area contributed by atoms with Crippen LogP contribution in [0.4, 0.5) is 0 Å². The van der Waals surface area contributed by atoms with E-state index >= 15 is 0 Å². The van der Waals surface area contributed by atoms with Crippen LogP contribution in [0.15, 0.2) is 24.3 Å². The molecule has 1 unspecified atom stereocenters. The van der Waals surface area contributed by atoms with Crippen LogP contribution in [-0.2, 0) is 20.5 Å². The number of carbonyl (C=O) groups is 1. The molecule has 0 aliphatic rings. The molecular weight excluding hydrogens is 316 g/mol. The number of nitrogens with two attached hydrogens (primary N) is 1. The average molecular weight is 337 g/mol. The lowest BCUT2D eigenvalue weighted by Gasteiger charge is -2.23. The highest BCUT2D eigenvalue weighted by molar-refractivity contribution is 7.88. The fourth-order valence-electron chi connectivity index (χ4n) is 1.64. The summed E-state index contributed by atoms with van der Waals surface area (Å²) >= 11 is 0. The summed E-state index contributed by atoms with van der Waals surface area (Å²) in [5.41, 5.74) is 6.34. The van der Waals surface area contributed by atoms with Gasteiger partial charge in [0, 0.05) is 19.6 Å². The van der Waals surface area contributed by atoms with E-state index in [0.717, 1.165) is 0 Å². The molecule has 0 amide bonds. The van der Waals surface area contributed by atoms with Gasteiger partial charge in [0.25, 0.3) is 0 Å². The minimum Gasteiger partial charge on any atom is -0.465 e. The summed E-state index contributed by atoms with van der Waals surface area (Å²) in [5, 5.41) is 0. The molecule has 0 heterocycles. The van der Waals surface area contributed by atoms with Gasteiger partial charge in [-0.3, -0.25) is 0 Å². The molecule has 0 bridgehead atoms. The van der Waals surface area contributed by atoms with E-state index in [4.69, 9.17) is 5.73 Å². The second kappa shape index (κ2) is 8.33. The molecule has 1 aromatic carbocycles. The number of esters is 1. The third-order valence-electron chi connectivity index (χ3n) is 3.10. The van der Waals surface area contributed by atoms with Crippen LogP contribution in [0.5, 0.6) is 0 Å². The van der Waals surface area contributed by atoms with Crippen LogP contribution in [0.3, 0.4) is 0 Å². The van der Waals surface area contributed by atoms with Crippen LogP contribution in [0.2, 0.25) is 0 Å². The fraction of sp³-hybridized carbons (Fsp3) is 0.462. The van der Waals surface area contributed by atoms with Crippen LogP contribution >= 0.6 is 12.4 Å². The molecule has 0 spiro atoms. The van der Waals surface area contributed by atoms with E-state index in [-0.39, 0.29) is 30.7 Å². The molecule has 0 fully saturated rings. The van der Waals surface area contributed by atoms with Gasteiger partial charge in [0.05, 0.1) is 18.4 Å². The number of rotatable bonds is 6. The fourth-order valence-corrected chi connectivity index (χ4v) is 3.08. The van der Waals surface area contributed by atoms with Gasteiger partial charge in [-0.05, 0) is 24.6 Å². The topological polar surface area (TPSA) is 89.7 Å². The first-order chi connectivity index (χ1) is 9.31. The number of halogens is 1. The van der Waals surface area contributed by atoms with Crippen molar-refractivity contribution in [3.63, 3.8) is 0 Å². The molecule has 1 rings (SSSR count). The van der Waals surface area contributed by atoms with Gasteiger partial charge in [-0.2, -0.15) is 0 Å². The molecule has 0 aliphatic carbocycles. The first-order valence-corrected chi connectivity index (χ1v) is 7.75. The second-order valence-corrected chi connectivity index (χ2v) is 6.58. The summed E-state index contributed by atoms with van der Waals surface area (Å²) < 4.78 is 30.3. The number of ether oxygens (including phenoxy) is 1. The zero-order valence-electron chi connectivity index (χ0n) is 12.3. The molecule has 6 nitrogen and oxygen atoms in total. The van der Waals surface area contributed by atoms with Crippen molar-refractivity contribution in [1.29, 1.82) is 0 Å². The molecule has 1 atom stereocenters. The molecule has 1 aromatic rings. The van der Waals surface area contributed by atoms with Gasteiger partial charge >= 0.3 is 5.97 Å². The lowest BCUT2D eigenvalue weighted by molar-refractivity contribution is 0.0600. The molecule has 21 heavy (non-hydrogen) atoms. The molecule has 8 heteroatoms. The molecule has 2 N–H and O–H groups in total. The third-order valence-corrected chi connectivity index (χ3v) is 5.03. The maximum absolute atomic E-state index is 12.2. The van der Waals surface area contributed by atoms with Crippen molar-refractivity contribution in [3.8, 4) is 0 Å². The molecule has 0 radical (unpaired) electrons. The molecule has 0 aromatic heterocycles. The molecule has 120 valence electrons. The van der Waals surface area contributed by atoms with Crippen molar-refractivity contribution >= 4 is 28.4 Å². The summed E-state index contributed by atoms with van der Waals surface area (Å²) in [4.78, 5) is 11.4. The number of nitrogens with zero attached hydrogens (tertiary/aromatic N) is 1. The lowest BCUT2D eigenvalue weighted by atomic mass is 10.1. The molecule has 0 saturated heterocycles. The van der Waals surface area contributed by atoms with E-state index in [9.17, 15) is 13.2 Å². The molecular formula is C13H21ClN2O4S. The highest BCUT2D eigenvalue weighted by Gasteiger charge is 2.23. The predicted octanol–water partition coefficient (Wildman–Crippen LogP) is 1.00. The Morgan fingerprint density at radius 1 is 1.43 bits per heavy atom. The average Bonchev–Trinajstić information content (AvgIpc) is 2.44. The smallest absolute Gasteiger partial charge is 0.337 e. The summed E-state index contributed by atoms with van der Waals surface area (Å²) in [6.07, 6.45) is 0. The number of methoxy groups -OCH3 is 1. The quantitative estimate of drug-likeness (QED) is 0.783. The summed E-state index contributed by atoms with van der Waals surface area (Å²) in [5.74, 6) is -0.675. The minimum atomic E-state index is -3.47. The van der Waals surface area contributed by atoms with E-state index in [1.165, 1.54) is 24.5 Å². The Hall–Kier alpha value is -1.15. The SMILES string of the molecule is COC(=O)c1cccc(CS(=O)(=O)N(C)C(C)CN)c1.Cl. The Morgan fingerprint density at radius 2 is 2.05 bits per heavy atom. The summed E-state index contributed by atoms with van der Waals surface area (Å²) in [6, 6.07) is 6.11. The predicted molar refractivity (Wildman–Crippen MR) is 83.9 cm³/mol. The monoisotopic (exact) mass is 336 g/mol. The standard InChI is InChI=1S/C13H20N2O4S.ClH/c1-10(8-14)15(2)20(17,18)9-11-5-4-6-12(7-11)13(16)19-3;/h4-7,10H,8-9,14H2,1-3H3;1H. The van der Waals surface area contributed by atoms with E-state index in [2.05, 4.69) is 4.74 Å². The van der Waals surface area contributed by atoms with Gasteiger partial charge in [-0.15, -0.1) is 12.4 Å². The van der Waals surface area contributed by atoms with Gasteiger partial charge in [-0.1, -0.05) is 12.1 Å². The molecule has 0 aliphatic heterocycles. The third kappa shape index (κ3) is 5.28. The van der Waals surface area contributed by atoms with Crippen molar-refractivity contribution in [2.24, 2.45) is 5.73 Å². The van der Waals surface area contributed by atoms with Crippen molar-refractivity contribution in [1.82, 2.24) is 4.31 Å². The van der Waals surface area contributed by atoms with Gasteiger partial charge in [0.1, 0.15) is 0 Å². The Morgan fingerprint density at radius 3 is 2.57 bits per heavy atom. The second-order valence-electron chi connectivity index (χ2n) is 4.55. The Balaban J connectivity index is 0.00000400. The first kappa shape index (κ1) is 19.9. The van der Waals surface area contributed by atoms with Gasteiger partial charge in [0.2, 0.25) is 10.0 Å². The number of carbonyl (C=O) groups excluding carboxylic acids is 1. The number of benzene rings is 1. The highest BCUT2D eigenvalue weighted by atomic mass is 35.5. The van der Waals surface area contributed by atoms with Crippen molar-refractivity contribution in [2.45, 2.75) is 18.7 Å². The number of sulfonamides is 1. The molecule has 0 saturated carbocycles. The van der Waals surface area contributed by atoms with E-state index in [1.54, 1.807) is 25.1 Å². The minimum absolute atomic E-state index is 0. The zero-order chi connectivity index (χ0) is 15.3. The number of likely N-dealkylation sites (N-methyl/N-ethyl adjacent to an activating group) is 1. The first-order valence-electron chi connectivity index (χ1n) is 6.15. The van der Waals surface area contributed by atoms with Crippen LogP contribution in [0.1, 0.15) is 22.8 Å². The Bertz CT molecular complexity index is 577. The van der Waals surface area contributed by atoms with Crippen LogP contribution in [0, 0.1) is 0 Å². The van der Waals surface area contributed by atoms with Crippen LogP contribution < -0.4 is 5.73 Å². The van der Waals surface area contributed by atoms with Crippen molar-refractivity contribution in [3.05, 3.63) is 35.4 Å². The van der Waals surface area contributed by atoms with E-state index < -0.39 is 16.0 Å². The zero-order valence-corrected chi connectivity index (χ0v) is 13.9. The van der Waals surface area contributed by atoms with Crippen LogP contribution in [-0.4, -0.2) is 45.4 Å². The van der Waals surface area contributed by atoms with E-state index in [0.29, 0.717) is 11.1 Å². The normalized spacial score (nSPS) is 12.6. The van der Waals surface area contributed by atoms with E-state index in [1.807, 2.05) is 0 Å². The van der Waals surface area contributed by atoms with Crippen molar-refractivity contribution in [2.75, 3.05) is 20.7 Å². The van der Waals surface area contributed by atoms with Crippen molar-refractivity contribution < 1.29 is 17.9 Å². The lowest BCUT2D eigenvalue weighted by Crippen LogP contribution is -2.40. The highest BCUT2D eigenvalue weighted by Crippen LogP contribution is 2.14. The Labute approximate surface area is 131 Å².